The fourth-order valence-corrected chi connectivity index (χ4v) is 8.52. The average Bonchev–Trinajstić information content (AvgIpc) is 3.44. The summed E-state index contributed by atoms with van der Waals surface area (Å²) in [6.07, 6.45) is 0. The van der Waals surface area contributed by atoms with E-state index in [0.29, 0.717) is 38.3 Å². The number of aromatic nitrogens is 1. The zero-order valence-corrected chi connectivity index (χ0v) is 26.5. The van der Waals surface area contributed by atoms with Gasteiger partial charge in [0.25, 0.3) is 0 Å². The number of hydrogen-bond acceptors (Lipinski definition) is 8. The number of imide groups is 1. The van der Waals surface area contributed by atoms with Gasteiger partial charge in [-0.25, -0.2) is 4.90 Å². The summed E-state index contributed by atoms with van der Waals surface area (Å²) in [5.41, 5.74) is 2.84. The Balaban J connectivity index is 1.43. The molecule has 43 heavy (non-hydrogen) atoms. The van der Waals surface area contributed by atoms with E-state index < -0.39 is 17.1 Å². The molecule has 4 aromatic rings. The number of hydrogen-bond donors (Lipinski definition) is 1. The van der Waals surface area contributed by atoms with Gasteiger partial charge in [0.15, 0.2) is 11.5 Å². The van der Waals surface area contributed by atoms with Crippen LogP contribution in [0.15, 0.2) is 81.0 Å². The Kier molecular flexibility index (Phi) is 7.92. The van der Waals surface area contributed by atoms with E-state index in [1.165, 1.54) is 35.4 Å². The lowest BCUT2D eigenvalue weighted by molar-refractivity contribution is -0.122. The van der Waals surface area contributed by atoms with E-state index in [9.17, 15) is 19.2 Å². The van der Waals surface area contributed by atoms with Crippen molar-refractivity contribution in [2.24, 2.45) is 5.92 Å². The maximum atomic E-state index is 14.1. The molecule has 1 N–H and O–H groups in total. The van der Waals surface area contributed by atoms with Gasteiger partial charge < -0.3 is 14.8 Å². The normalized spacial score (nSPS) is 19.2. The number of fused-ring (bicyclic) bond motifs is 2. The number of carbonyl (C=O) groups is 3. The topological polar surface area (TPSA) is 107 Å². The number of rotatable bonds is 7. The molecule has 0 saturated carbocycles. The van der Waals surface area contributed by atoms with Crippen LogP contribution in [0.3, 0.4) is 0 Å². The molecule has 2 aliphatic rings. The van der Waals surface area contributed by atoms with Crippen LogP contribution in [0.4, 0.5) is 11.4 Å². The van der Waals surface area contributed by atoms with Gasteiger partial charge in [0.1, 0.15) is 11.8 Å². The maximum absolute atomic E-state index is 14.1. The molecule has 2 aliphatic heterocycles. The third-order valence-electron chi connectivity index (χ3n) is 7.54. The highest BCUT2D eigenvalue weighted by atomic mass is 79.9. The molecule has 9 nitrogen and oxygen atoms in total. The van der Waals surface area contributed by atoms with Crippen molar-refractivity contribution in [3.8, 4) is 11.5 Å². The zero-order chi connectivity index (χ0) is 30.4. The number of thioether (sulfide) groups is 1. The van der Waals surface area contributed by atoms with Crippen LogP contribution in [0.2, 0.25) is 0 Å². The summed E-state index contributed by atoms with van der Waals surface area (Å²) in [4.78, 5) is 56.0. The van der Waals surface area contributed by atoms with Gasteiger partial charge >= 0.3 is 4.87 Å². The van der Waals surface area contributed by atoms with Crippen LogP contribution in [-0.4, -0.2) is 41.8 Å². The van der Waals surface area contributed by atoms with Gasteiger partial charge in [-0.15, -0.1) is 0 Å². The van der Waals surface area contributed by atoms with Gasteiger partial charge in [-0.3, -0.25) is 23.7 Å². The first kappa shape index (κ1) is 29.2. The number of aryl methyl sites for hydroxylation is 1. The van der Waals surface area contributed by atoms with E-state index in [0.717, 1.165) is 21.4 Å². The average molecular weight is 681 g/mol. The van der Waals surface area contributed by atoms with Crippen LogP contribution in [0.1, 0.15) is 21.9 Å². The number of methoxy groups -OCH3 is 2. The van der Waals surface area contributed by atoms with Gasteiger partial charge in [0.2, 0.25) is 17.7 Å². The summed E-state index contributed by atoms with van der Waals surface area (Å²) >= 11 is 5.57. The predicted molar refractivity (Wildman–Crippen MR) is 170 cm³/mol. The number of thiazole rings is 1. The molecule has 3 aromatic carbocycles. The summed E-state index contributed by atoms with van der Waals surface area (Å²) in [5, 5.41) is 2.55. The van der Waals surface area contributed by atoms with Crippen molar-refractivity contribution in [2.45, 2.75) is 29.7 Å². The molecule has 1 fully saturated rings. The molecule has 1 saturated heterocycles. The second-order valence-electron chi connectivity index (χ2n) is 10.2. The van der Waals surface area contributed by atoms with Crippen LogP contribution in [0, 0.1) is 12.8 Å². The minimum atomic E-state index is -0.804. The van der Waals surface area contributed by atoms with E-state index in [4.69, 9.17) is 9.47 Å². The summed E-state index contributed by atoms with van der Waals surface area (Å²) < 4.78 is 13.2. The molecule has 0 aliphatic carbocycles. The van der Waals surface area contributed by atoms with Crippen LogP contribution in [0.5, 0.6) is 11.5 Å². The van der Waals surface area contributed by atoms with Gasteiger partial charge in [0, 0.05) is 21.0 Å². The Morgan fingerprint density at radius 2 is 1.63 bits per heavy atom. The molecule has 0 radical (unpaired) electrons. The van der Waals surface area contributed by atoms with Crippen molar-refractivity contribution < 1.29 is 23.9 Å². The molecule has 3 heterocycles. The van der Waals surface area contributed by atoms with Gasteiger partial charge in [0.05, 0.1) is 30.9 Å². The fourth-order valence-electron chi connectivity index (χ4n) is 5.49. The highest BCUT2D eigenvalue weighted by Gasteiger charge is 2.57. The molecular weight excluding hydrogens is 654 g/mol. The highest BCUT2D eigenvalue weighted by Crippen LogP contribution is 2.54. The molecule has 0 spiro atoms. The lowest BCUT2D eigenvalue weighted by atomic mass is 9.83. The lowest BCUT2D eigenvalue weighted by Crippen LogP contribution is -2.33. The Labute approximate surface area is 263 Å². The van der Waals surface area contributed by atoms with Crippen molar-refractivity contribution in [3.63, 3.8) is 0 Å². The number of nitrogens with one attached hydrogen (secondary N) is 1. The van der Waals surface area contributed by atoms with E-state index in [-0.39, 0.29) is 29.1 Å². The number of ether oxygens (including phenoxy) is 2. The molecular formula is C31H26BrN3O6S2. The first-order valence-electron chi connectivity index (χ1n) is 13.3. The van der Waals surface area contributed by atoms with Crippen molar-refractivity contribution in [1.29, 1.82) is 0 Å². The SMILES string of the molecule is COc1ccc([C@H]2c3sc(=O)n(CC(=O)Nc4ccc(C)cc4)c3SC3C(=O)N(c4ccc(Br)cc4)C(=O)C32)cc1OC. The van der Waals surface area contributed by atoms with Gasteiger partial charge in [-0.2, -0.15) is 0 Å². The molecule has 3 atom stereocenters. The third kappa shape index (κ3) is 5.28. The number of amides is 3. The summed E-state index contributed by atoms with van der Waals surface area (Å²) in [6.45, 7) is 1.72. The molecule has 12 heteroatoms. The predicted octanol–water partition coefficient (Wildman–Crippen LogP) is 5.43. The lowest BCUT2D eigenvalue weighted by Gasteiger charge is -2.31. The van der Waals surface area contributed by atoms with Crippen LogP contribution in [0.25, 0.3) is 0 Å². The number of anilines is 2. The second kappa shape index (κ2) is 11.7. The number of nitrogens with zero attached hydrogens (tertiary/aromatic N) is 2. The number of halogens is 1. The molecule has 2 unspecified atom stereocenters. The Bertz CT molecular complexity index is 1800. The largest absolute Gasteiger partial charge is 0.493 e. The van der Waals surface area contributed by atoms with E-state index in [2.05, 4.69) is 21.2 Å². The Morgan fingerprint density at radius 1 is 0.930 bits per heavy atom. The molecule has 3 amide bonds. The number of carbonyl (C=O) groups excluding carboxylic acids is 3. The Hall–Kier alpha value is -3.87. The fraction of sp³-hybridized carbons (Fsp3) is 0.226. The van der Waals surface area contributed by atoms with E-state index in [1.54, 1.807) is 48.5 Å². The molecule has 0 bridgehead atoms. The van der Waals surface area contributed by atoms with Crippen LogP contribution < -0.4 is 24.6 Å². The van der Waals surface area contributed by atoms with Gasteiger partial charge in [-0.05, 0) is 61.0 Å². The quantitative estimate of drug-likeness (QED) is 0.260. The van der Waals surface area contributed by atoms with Crippen molar-refractivity contribution >= 4 is 68.1 Å². The van der Waals surface area contributed by atoms with Crippen LogP contribution in [-0.2, 0) is 20.9 Å². The third-order valence-corrected chi connectivity index (χ3v) is 10.7. The standard InChI is InChI=1S/C31H26BrN3O6S2/c1-16-4-9-19(10-5-16)33-23(36)15-34-30-27(43-31(34)39)24(17-6-13-21(40-2)22(14-17)41-3)25-26(42-30)29(38)35(28(25)37)20-11-7-18(32)8-12-20/h4-14,24-26H,15H2,1-3H3,(H,33,36)/t24-,25?,26?/m1/s1. The zero-order valence-electron chi connectivity index (χ0n) is 23.3. The molecule has 6 rings (SSSR count). The van der Waals surface area contributed by atoms with Crippen molar-refractivity contribution in [1.82, 2.24) is 4.57 Å². The number of benzene rings is 3. The monoisotopic (exact) mass is 679 g/mol. The van der Waals surface area contributed by atoms with Crippen LogP contribution >= 0.6 is 39.0 Å². The highest BCUT2D eigenvalue weighted by molar-refractivity contribution is 9.10. The minimum Gasteiger partial charge on any atom is -0.493 e. The van der Waals surface area contributed by atoms with E-state index >= 15 is 0 Å². The smallest absolute Gasteiger partial charge is 0.308 e. The Morgan fingerprint density at radius 3 is 2.30 bits per heavy atom. The van der Waals surface area contributed by atoms with Gasteiger partial charge in [-0.1, -0.05) is 62.8 Å². The second-order valence-corrected chi connectivity index (χ2v) is 13.2. The van der Waals surface area contributed by atoms with E-state index in [1.807, 2.05) is 25.1 Å². The minimum absolute atomic E-state index is 0.236. The van der Waals surface area contributed by atoms with Crippen molar-refractivity contribution in [2.75, 3.05) is 24.4 Å². The molecule has 220 valence electrons. The maximum Gasteiger partial charge on any atom is 0.308 e. The summed E-state index contributed by atoms with van der Waals surface area (Å²) in [5.74, 6) is -1.52. The van der Waals surface area contributed by atoms with Crippen molar-refractivity contribution in [3.05, 3.63) is 96.9 Å². The first-order valence-corrected chi connectivity index (χ1v) is 15.8. The summed E-state index contributed by atoms with van der Waals surface area (Å²) in [7, 11) is 3.05. The summed E-state index contributed by atoms with van der Waals surface area (Å²) in [6, 6.07) is 19.7. The molecule has 1 aromatic heterocycles. The first-order chi connectivity index (χ1) is 20.7.